The van der Waals surface area contributed by atoms with E-state index in [-0.39, 0.29) is 4.83 Å². The van der Waals surface area contributed by atoms with Crippen LogP contribution in [0.5, 0.6) is 0 Å². The van der Waals surface area contributed by atoms with Gasteiger partial charge in [0.1, 0.15) is 6.29 Å². The van der Waals surface area contributed by atoms with Crippen molar-refractivity contribution in [3.8, 4) is 0 Å². The molecule has 3 heteroatoms. The molecule has 0 N–H and O–H groups in total. The predicted octanol–water partition coefficient (Wildman–Crippen LogP) is 0.985. The van der Waals surface area contributed by atoms with Crippen LogP contribution in [0.4, 0.5) is 0 Å². The van der Waals surface area contributed by atoms with Gasteiger partial charge in [-0.3, -0.25) is 0 Å². The summed E-state index contributed by atoms with van der Waals surface area (Å²) < 4.78 is 4.73. The molecular weight excluding hydrogens is 172 g/mol. The Hall–Kier alpha value is 0.110. The van der Waals surface area contributed by atoms with Gasteiger partial charge in [0.05, 0.1) is 4.83 Å². The van der Waals surface area contributed by atoms with Crippen molar-refractivity contribution < 1.29 is 9.53 Å². The second-order valence-corrected chi connectivity index (χ2v) is 2.61. The van der Waals surface area contributed by atoms with Crippen molar-refractivity contribution in [1.82, 2.24) is 0 Å². The van der Waals surface area contributed by atoms with E-state index in [1.54, 1.807) is 7.11 Å². The maximum Gasteiger partial charge on any atom is 0.133 e. The zero-order chi connectivity index (χ0) is 6.41. The number of aldehydes is 1. The van der Waals surface area contributed by atoms with Gasteiger partial charge >= 0.3 is 0 Å². The monoisotopic (exact) mass is 180 g/mol. The predicted molar refractivity (Wildman–Crippen MR) is 35.3 cm³/mol. The second kappa shape index (κ2) is 5.25. The van der Waals surface area contributed by atoms with Gasteiger partial charge < -0.3 is 9.53 Å². The van der Waals surface area contributed by atoms with E-state index in [1.807, 2.05) is 0 Å². The first-order valence-electron chi connectivity index (χ1n) is 2.39. The first-order valence-corrected chi connectivity index (χ1v) is 3.31. The van der Waals surface area contributed by atoms with Gasteiger partial charge in [-0.2, -0.15) is 0 Å². The molecule has 0 aliphatic heterocycles. The van der Waals surface area contributed by atoms with E-state index in [2.05, 4.69) is 15.9 Å². The number of carbonyl (C=O) groups is 1. The van der Waals surface area contributed by atoms with Crippen molar-refractivity contribution in [2.24, 2.45) is 0 Å². The Morgan fingerprint density at radius 2 is 2.50 bits per heavy atom. The highest BCUT2D eigenvalue weighted by molar-refractivity contribution is 9.09. The largest absolute Gasteiger partial charge is 0.385 e. The van der Waals surface area contributed by atoms with E-state index in [1.165, 1.54) is 0 Å². The molecule has 8 heavy (non-hydrogen) atoms. The summed E-state index contributed by atoms with van der Waals surface area (Å²) in [7, 11) is 1.62. The van der Waals surface area contributed by atoms with Crippen LogP contribution in [0.25, 0.3) is 0 Å². The normalized spacial score (nSPS) is 13.2. The summed E-state index contributed by atoms with van der Waals surface area (Å²) in [5.74, 6) is 0. The maximum absolute atomic E-state index is 9.91. The third kappa shape index (κ3) is 4.27. The van der Waals surface area contributed by atoms with Gasteiger partial charge in [0.15, 0.2) is 0 Å². The van der Waals surface area contributed by atoms with E-state index >= 15 is 0 Å². The summed E-state index contributed by atoms with van der Waals surface area (Å²) in [6.07, 6.45) is 1.61. The fourth-order valence-corrected chi connectivity index (χ4v) is 0.485. The molecule has 0 aromatic carbocycles. The van der Waals surface area contributed by atoms with Crippen LogP contribution in [0, 0.1) is 0 Å². The molecule has 0 aliphatic rings. The molecule has 2 nitrogen and oxygen atoms in total. The van der Waals surface area contributed by atoms with E-state index in [0.29, 0.717) is 6.61 Å². The Labute approximate surface area is 57.3 Å². The summed E-state index contributed by atoms with van der Waals surface area (Å²) in [5, 5.41) is 0. The molecule has 0 spiro atoms. The fourth-order valence-electron chi connectivity index (χ4n) is 0.298. The maximum atomic E-state index is 9.91. The Kier molecular flexibility index (Phi) is 5.32. The molecule has 0 aromatic rings. The molecule has 0 fully saturated rings. The zero-order valence-corrected chi connectivity index (χ0v) is 6.35. The molecule has 0 radical (unpaired) electrons. The number of ether oxygens (including phenoxy) is 1. The number of carbonyl (C=O) groups excluding carboxylic acids is 1. The van der Waals surface area contributed by atoms with E-state index in [4.69, 9.17) is 4.74 Å². The van der Waals surface area contributed by atoms with Crippen LogP contribution in [0.1, 0.15) is 6.42 Å². The summed E-state index contributed by atoms with van der Waals surface area (Å²) in [4.78, 5) is 9.87. The van der Waals surface area contributed by atoms with Crippen LogP contribution < -0.4 is 0 Å². The lowest BCUT2D eigenvalue weighted by molar-refractivity contribution is -0.107. The Balaban J connectivity index is 2.98. The quantitative estimate of drug-likeness (QED) is 0.477. The van der Waals surface area contributed by atoms with Crippen molar-refractivity contribution in [3.63, 3.8) is 0 Å². The highest BCUT2D eigenvalue weighted by atomic mass is 79.9. The molecule has 0 aromatic heterocycles. The molecule has 0 aliphatic carbocycles. The number of halogens is 1. The lowest BCUT2D eigenvalue weighted by Crippen LogP contribution is -2.02. The average molecular weight is 181 g/mol. The van der Waals surface area contributed by atoms with Crippen molar-refractivity contribution in [3.05, 3.63) is 0 Å². The third-order valence-electron chi connectivity index (χ3n) is 0.745. The van der Waals surface area contributed by atoms with Crippen LogP contribution in [0.15, 0.2) is 0 Å². The number of hydrogen-bond acceptors (Lipinski definition) is 2. The molecule has 0 heterocycles. The number of methoxy groups -OCH3 is 1. The van der Waals surface area contributed by atoms with Gasteiger partial charge in [0.2, 0.25) is 0 Å². The molecule has 0 bridgehead atoms. The SMILES string of the molecule is COCCC(Br)C=O. The van der Waals surface area contributed by atoms with E-state index < -0.39 is 0 Å². The van der Waals surface area contributed by atoms with Crippen LogP contribution in [0.3, 0.4) is 0 Å². The smallest absolute Gasteiger partial charge is 0.133 e. The Morgan fingerprint density at radius 1 is 1.88 bits per heavy atom. The Bertz CT molecular complexity index is 65.4. The van der Waals surface area contributed by atoms with E-state index in [0.717, 1.165) is 12.7 Å². The van der Waals surface area contributed by atoms with Crippen LogP contribution >= 0.6 is 15.9 Å². The van der Waals surface area contributed by atoms with Crippen molar-refractivity contribution >= 4 is 22.2 Å². The number of alkyl halides is 1. The molecule has 1 atom stereocenters. The number of rotatable bonds is 4. The van der Waals surface area contributed by atoms with Crippen molar-refractivity contribution in [2.75, 3.05) is 13.7 Å². The van der Waals surface area contributed by atoms with E-state index in [9.17, 15) is 4.79 Å². The van der Waals surface area contributed by atoms with Gasteiger partial charge in [-0.25, -0.2) is 0 Å². The highest BCUT2D eigenvalue weighted by Crippen LogP contribution is 1.99. The summed E-state index contributed by atoms with van der Waals surface area (Å²) >= 11 is 3.13. The van der Waals surface area contributed by atoms with Crippen LogP contribution in [-0.4, -0.2) is 24.8 Å². The molecule has 48 valence electrons. The van der Waals surface area contributed by atoms with Crippen molar-refractivity contribution in [2.45, 2.75) is 11.2 Å². The lowest BCUT2D eigenvalue weighted by Gasteiger charge is -1.97. The topological polar surface area (TPSA) is 26.3 Å². The molecular formula is C5H9BrO2. The van der Waals surface area contributed by atoms with Crippen LogP contribution in [0.2, 0.25) is 0 Å². The molecule has 1 unspecified atom stereocenters. The van der Waals surface area contributed by atoms with Gasteiger partial charge in [0.25, 0.3) is 0 Å². The molecule has 0 saturated heterocycles. The van der Waals surface area contributed by atoms with Crippen molar-refractivity contribution in [1.29, 1.82) is 0 Å². The summed E-state index contributed by atoms with van der Waals surface area (Å²) in [6, 6.07) is 0. The van der Waals surface area contributed by atoms with Gasteiger partial charge in [-0.1, -0.05) is 15.9 Å². The average Bonchev–Trinajstić information content (AvgIpc) is 1.83. The minimum atomic E-state index is -0.0394. The Morgan fingerprint density at radius 3 is 2.88 bits per heavy atom. The third-order valence-corrected chi connectivity index (χ3v) is 1.42. The standard InChI is InChI=1S/C5H9BrO2/c1-8-3-2-5(6)4-7/h4-5H,2-3H2,1H3. The van der Waals surface area contributed by atoms with Gasteiger partial charge in [0, 0.05) is 13.7 Å². The first-order chi connectivity index (χ1) is 3.81. The minimum absolute atomic E-state index is 0.0394. The van der Waals surface area contributed by atoms with Gasteiger partial charge in [-0.05, 0) is 6.42 Å². The highest BCUT2D eigenvalue weighted by Gasteiger charge is 1.98. The summed E-state index contributed by atoms with van der Waals surface area (Å²) in [5.41, 5.74) is 0. The van der Waals surface area contributed by atoms with Gasteiger partial charge in [-0.15, -0.1) is 0 Å². The molecule has 0 saturated carbocycles. The molecule has 0 rings (SSSR count). The number of hydrogen-bond donors (Lipinski definition) is 0. The molecule has 0 amide bonds. The second-order valence-electron chi connectivity index (χ2n) is 1.43. The minimum Gasteiger partial charge on any atom is -0.385 e. The van der Waals surface area contributed by atoms with Crippen LogP contribution in [-0.2, 0) is 9.53 Å². The zero-order valence-electron chi connectivity index (χ0n) is 4.76. The summed E-state index contributed by atoms with van der Waals surface area (Å²) in [6.45, 7) is 0.634. The first kappa shape index (κ1) is 8.11. The fraction of sp³-hybridized carbons (Fsp3) is 0.800. The lowest BCUT2D eigenvalue weighted by atomic mass is 10.3.